The molecule has 1 nitrogen and oxygen atoms in total. The van der Waals surface area contributed by atoms with Crippen molar-refractivity contribution >= 4 is 22.6 Å². The number of hydrogen-bond acceptors (Lipinski definition) is 1. The minimum absolute atomic E-state index is 0.255. The van der Waals surface area contributed by atoms with Crippen LogP contribution in [0.15, 0.2) is 54.6 Å². The Morgan fingerprint density at radius 3 is 2.05 bits per heavy atom. The first-order valence-electron chi connectivity index (χ1n) is 6.66. The molecule has 102 valence electrons. The summed E-state index contributed by atoms with van der Waals surface area (Å²) in [5.41, 5.74) is 8.45. The molecular weight excluding hydrogens is 345 g/mol. The summed E-state index contributed by atoms with van der Waals surface area (Å²) >= 11 is 2.34. The fraction of sp³-hybridized carbons (Fsp3) is 0.294. The monoisotopic (exact) mass is 367 g/mol. The van der Waals surface area contributed by atoms with E-state index in [1.165, 1.54) is 14.7 Å². The van der Waals surface area contributed by atoms with E-state index >= 15 is 0 Å². The second-order valence-electron chi connectivity index (χ2n) is 4.61. The average molecular weight is 367 g/mol. The third-order valence-corrected chi connectivity index (χ3v) is 3.80. The molecule has 2 heteroatoms. The van der Waals surface area contributed by atoms with Crippen molar-refractivity contribution in [2.24, 2.45) is 5.73 Å². The lowest BCUT2D eigenvalue weighted by atomic mass is 10.1. The van der Waals surface area contributed by atoms with Crippen molar-refractivity contribution in [1.82, 2.24) is 0 Å². The van der Waals surface area contributed by atoms with Gasteiger partial charge in [-0.1, -0.05) is 55.5 Å². The predicted octanol–water partition coefficient (Wildman–Crippen LogP) is 4.43. The van der Waals surface area contributed by atoms with Crippen LogP contribution in [0.1, 0.15) is 25.0 Å². The Bertz CT molecular complexity index is 466. The molecule has 1 unspecified atom stereocenters. The van der Waals surface area contributed by atoms with Crippen molar-refractivity contribution in [2.75, 3.05) is 0 Å². The highest BCUT2D eigenvalue weighted by atomic mass is 127. The van der Waals surface area contributed by atoms with Gasteiger partial charge in [0, 0.05) is 9.61 Å². The molecule has 2 N–H and O–H groups in total. The van der Waals surface area contributed by atoms with Crippen molar-refractivity contribution in [2.45, 2.75) is 32.7 Å². The maximum Gasteiger partial charge on any atom is 0.0162 e. The summed E-state index contributed by atoms with van der Waals surface area (Å²) in [7, 11) is 0. The molecule has 0 aliphatic heterocycles. The van der Waals surface area contributed by atoms with Crippen molar-refractivity contribution < 1.29 is 0 Å². The maximum absolute atomic E-state index is 5.69. The van der Waals surface area contributed by atoms with Gasteiger partial charge >= 0.3 is 0 Å². The molecule has 0 aliphatic rings. The Morgan fingerprint density at radius 2 is 1.58 bits per heavy atom. The quantitative estimate of drug-likeness (QED) is 0.798. The molecule has 2 rings (SSSR count). The minimum atomic E-state index is 0.255. The van der Waals surface area contributed by atoms with Crippen LogP contribution in [0.4, 0.5) is 0 Å². The molecule has 0 saturated heterocycles. The van der Waals surface area contributed by atoms with E-state index < -0.39 is 0 Å². The minimum Gasteiger partial charge on any atom is -0.328 e. The van der Waals surface area contributed by atoms with Gasteiger partial charge < -0.3 is 5.73 Å². The third kappa shape index (κ3) is 6.73. The van der Waals surface area contributed by atoms with E-state index in [2.05, 4.69) is 72.0 Å². The normalized spacial score (nSPS) is 11.4. The van der Waals surface area contributed by atoms with Crippen molar-refractivity contribution in [1.29, 1.82) is 0 Å². The largest absolute Gasteiger partial charge is 0.328 e. The van der Waals surface area contributed by atoms with Crippen LogP contribution in [-0.4, -0.2) is 6.04 Å². The van der Waals surface area contributed by atoms with E-state index in [-0.39, 0.29) is 6.04 Å². The zero-order valence-corrected chi connectivity index (χ0v) is 13.8. The van der Waals surface area contributed by atoms with Crippen LogP contribution in [0, 0.1) is 3.57 Å². The Hall–Kier alpha value is -0.870. The summed E-state index contributed by atoms with van der Waals surface area (Å²) in [6.45, 7) is 4.19. The standard InChI is InChI=1S/C9H12IN.C8H10/c1-7(11)6-8-4-2-3-5-9(8)10;1-2-8-6-4-3-5-7-8/h2-5,7H,6,11H2,1H3;3-7H,2H2,1H3. The molecule has 0 saturated carbocycles. The van der Waals surface area contributed by atoms with Gasteiger partial charge in [-0.25, -0.2) is 0 Å². The summed E-state index contributed by atoms with van der Waals surface area (Å²) < 4.78 is 1.31. The molecule has 0 amide bonds. The number of benzene rings is 2. The zero-order valence-electron chi connectivity index (χ0n) is 11.6. The van der Waals surface area contributed by atoms with E-state index in [0.717, 1.165) is 12.8 Å². The van der Waals surface area contributed by atoms with E-state index in [0.29, 0.717) is 0 Å². The second kappa shape index (κ2) is 9.10. The summed E-state index contributed by atoms with van der Waals surface area (Å²) in [6, 6.07) is 19.1. The van der Waals surface area contributed by atoms with Crippen molar-refractivity contribution in [3.8, 4) is 0 Å². The number of rotatable bonds is 3. The van der Waals surface area contributed by atoms with Gasteiger partial charge in [0.15, 0.2) is 0 Å². The fourth-order valence-corrected chi connectivity index (χ4v) is 2.33. The van der Waals surface area contributed by atoms with Gasteiger partial charge in [0.1, 0.15) is 0 Å². The highest BCUT2D eigenvalue weighted by Gasteiger charge is 2.00. The van der Waals surface area contributed by atoms with Crippen LogP contribution in [0.25, 0.3) is 0 Å². The van der Waals surface area contributed by atoms with Crippen molar-refractivity contribution in [3.05, 3.63) is 69.3 Å². The van der Waals surface area contributed by atoms with Crippen molar-refractivity contribution in [3.63, 3.8) is 0 Å². The summed E-state index contributed by atoms with van der Waals surface area (Å²) in [4.78, 5) is 0. The van der Waals surface area contributed by atoms with Gasteiger partial charge in [0.25, 0.3) is 0 Å². The third-order valence-electron chi connectivity index (χ3n) is 2.75. The lowest BCUT2D eigenvalue weighted by Gasteiger charge is -2.06. The van der Waals surface area contributed by atoms with Gasteiger partial charge in [-0.05, 0) is 59.5 Å². The number of aryl methyl sites for hydroxylation is 1. The van der Waals surface area contributed by atoms with Crippen LogP contribution < -0.4 is 5.73 Å². The van der Waals surface area contributed by atoms with Crippen LogP contribution in [0.2, 0.25) is 0 Å². The van der Waals surface area contributed by atoms with Crippen LogP contribution in [-0.2, 0) is 12.8 Å². The zero-order chi connectivity index (χ0) is 14.1. The molecule has 1 atom stereocenters. The maximum atomic E-state index is 5.69. The molecule has 0 fully saturated rings. The van der Waals surface area contributed by atoms with Gasteiger partial charge in [0.2, 0.25) is 0 Å². The van der Waals surface area contributed by atoms with Crippen LogP contribution in [0.3, 0.4) is 0 Å². The fourth-order valence-electron chi connectivity index (χ4n) is 1.72. The van der Waals surface area contributed by atoms with E-state index in [9.17, 15) is 0 Å². The Labute approximate surface area is 130 Å². The molecule has 0 aromatic heterocycles. The Kier molecular flexibility index (Phi) is 7.75. The second-order valence-corrected chi connectivity index (χ2v) is 5.77. The lowest BCUT2D eigenvalue weighted by Crippen LogP contribution is -2.18. The van der Waals surface area contributed by atoms with E-state index in [1.54, 1.807) is 0 Å². The molecule has 19 heavy (non-hydrogen) atoms. The molecule has 2 aromatic rings. The number of halogens is 1. The molecule has 0 spiro atoms. The molecule has 0 aliphatic carbocycles. The SMILES string of the molecule is CC(N)Cc1ccccc1I.CCc1ccccc1. The smallest absolute Gasteiger partial charge is 0.0162 e. The lowest BCUT2D eigenvalue weighted by molar-refractivity contribution is 0.736. The van der Waals surface area contributed by atoms with Crippen LogP contribution in [0.5, 0.6) is 0 Å². The Morgan fingerprint density at radius 1 is 1.00 bits per heavy atom. The highest BCUT2D eigenvalue weighted by molar-refractivity contribution is 14.1. The van der Waals surface area contributed by atoms with Gasteiger partial charge in [-0.15, -0.1) is 0 Å². The molecule has 0 radical (unpaired) electrons. The first-order chi connectivity index (χ1) is 9.13. The summed E-state index contributed by atoms with van der Waals surface area (Å²) in [5.74, 6) is 0. The topological polar surface area (TPSA) is 26.0 Å². The number of hydrogen-bond donors (Lipinski definition) is 1. The average Bonchev–Trinajstić information content (AvgIpc) is 2.43. The highest BCUT2D eigenvalue weighted by Crippen LogP contribution is 2.12. The first kappa shape index (κ1) is 16.2. The van der Waals surface area contributed by atoms with Gasteiger partial charge in [-0.2, -0.15) is 0 Å². The van der Waals surface area contributed by atoms with Crippen LogP contribution >= 0.6 is 22.6 Å². The Balaban J connectivity index is 0.000000200. The molecular formula is C17H22IN. The van der Waals surface area contributed by atoms with Gasteiger partial charge in [0.05, 0.1) is 0 Å². The molecule has 2 aromatic carbocycles. The molecule has 0 bridgehead atoms. The first-order valence-corrected chi connectivity index (χ1v) is 7.74. The van der Waals surface area contributed by atoms with E-state index in [1.807, 2.05) is 19.1 Å². The van der Waals surface area contributed by atoms with E-state index in [4.69, 9.17) is 5.73 Å². The molecule has 0 heterocycles. The predicted molar refractivity (Wildman–Crippen MR) is 92.3 cm³/mol. The summed E-state index contributed by atoms with van der Waals surface area (Å²) in [6.07, 6.45) is 2.11. The summed E-state index contributed by atoms with van der Waals surface area (Å²) in [5, 5.41) is 0. The van der Waals surface area contributed by atoms with Gasteiger partial charge in [-0.3, -0.25) is 0 Å². The number of nitrogens with two attached hydrogens (primary N) is 1.